The van der Waals surface area contributed by atoms with Crippen molar-refractivity contribution in [2.24, 2.45) is 17.8 Å². The summed E-state index contributed by atoms with van der Waals surface area (Å²) in [7, 11) is 0. The molecule has 19 heteroatoms. The molecule has 9 nitrogen and oxygen atoms in total. The second-order valence-electron chi connectivity index (χ2n) is 10.9. The first-order valence-electron chi connectivity index (χ1n) is 14.9. The molecule has 0 aliphatic rings. The van der Waals surface area contributed by atoms with Crippen LogP contribution in [0.2, 0.25) is 0 Å². The molecule has 0 saturated carbocycles. The van der Waals surface area contributed by atoms with Crippen LogP contribution in [0.1, 0.15) is 51.8 Å². The monoisotopic (exact) mass is 927 g/mol. The van der Waals surface area contributed by atoms with Crippen LogP contribution in [-0.2, 0) is 28.8 Å². The molecule has 0 heterocycles. The van der Waals surface area contributed by atoms with Crippen molar-refractivity contribution in [1.29, 1.82) is 0 Å². The maximum Gasteiger partial charge on any atom is 3.00 e. The summed E-state index contributed by atoms with van der Waals surface area (Å²) in [4.78, 5) is 102. The SMILES string of the molecule is CC(=O)C(C(=O)c1ccccc1)C(=O)C(F)(F)F.CC(=O)C(C(=O)c1ccccc1)C(=O)C(F)(F)F.CC(=O)C(C(=O)c1ccccc1)C(=O)C(F)(F)F.[Eu+3]. The van der Waals surface area contributed by atoms with Gasteiger partial charge in [-0.2, -0.15) is 39.5 Å². The third kappa shape index (κ3) is 15.4. The van der Waals surface area contributed by atoms with E-state index in [4.69, 9.17) is 0 Å². The summed E-state index contributed by atoms with van der Waals surface area (Å²) >= 11 is 0. The molecule has 0 aliphatic heterocycles. The largest absolute Gasteiger partial charge is 3.00 e. The van der Waals surface area contributed by atoms with Crippen LogP contribution < -0.4 is 0 Å². The minimum absolute atomic E-state index is 0. The second-order valence-corrected chi connectivity index (χ2v) is 10.9. The van der Waals surface area contributed by atoms with Gasteiger partial charge in [0, 0.05) is 16.7 Å². The zero-order chi connectivity index (χ0) is 41.8. The number of hydrogen-bond donors (Lipinski definition) is 0. The zero-order valence-corrected chi connectivity index (χ0v) is 30.8. The molecule has 0 fully saturated rings. The van der Waals surface area contributed by atoms with E-state index in [0.717, 1.165) is 20.8 Å². The van der Waals surface area contributed by atoms with E-state index in [1.165, 1.54) is 72.8 Å². The van der Waals surface area contributed by atoms with E-state index in [1.807, 2.05) is 0 Å². The summed E-state index contributed by atoms with van der Waals surface area (Å²) < 4.78 is 111. The minimum Gasteiger partial charge on any atom is -0.299 e. The molecule has 0 radical (unpaired) electrons. The number of carbonyl (C=O) groups is 9. The number of halogens is 9. The zero-order valence-electron chi connectivity index (χ0n) is 28.3. The third-order valence-electron chi connectivity index (χ3n) is 6.81. The van der Waals surface area contributed by atoms with Crippen LogP contribution in [0.15, 0.2) is 91.0 Å². The van der Waals surface area contributed by atoms with Crippen LogP contribution in [0.25, 0.3) is 0 Å². The van der Waals surface area contributed by atoms with E-state index in [0.29, 0.717) is 0 Å². The molecule has 0 N–H and O–H groups in total. The van der Waals surface area contributed by atoms with Gasteiger partial charge in [0.05, 0.1) is 0 Å². The van der Waals surface area contributed by atoms with Gasteiger partial charge in [-0.3, -0.25) is 43.2 Å². The van der Waals surface area contributed by atoms with Gasteiger partial charge in [-0.05, 0) is 20.8 Å². The van der Waals surface area contributed by atoms with E-state index in [9.17, 15) is 82.7 Å². The van der Waals surface area contributed by atoms with Gasteiger partial charge in [-0.25, -0.2) is 0 Å². The number of alkyl halides is 9. The predicted molar refractivity (Wildman–Crippen MR) is 168 cm³/mol. The Hall–Kier alpha value is -4.36. The summed E-state index contributed by atoms with van der Waals surface area (Å²) in [6, 6.07) is 20.8. The Morgan fingerprint density at radius 2 is 0.527 bits per heavy atom. The molecule has 0 aromatic heterocycles. The van der Waals surface area contributed by atoms with Crippen molar-refractivity contribution in [2.45, 2.75) is 39.3 Å². The van der Waals surface area contributed by atoms with Gasteiger partial charge in [-0.15, -0.1) is 0 Å². The number of carbonyl (C=O) groups excluding carboxylic acids is 9. The molecule has 0 amide bonds. The average molecular weight is 927 g/mol. The molecule has 0 saturated heterocycles. The summed E-state index contributed by atoms with van der Waals surface area (Å²) in [5, 5.41) is 0. The van der Waals surface area contributed by atoms with Crippen LogP contribution in [0.3, 0.4) is 0 Å². The van der Waals surface area contributed by atoms with Gasteiger partial charge in [0.2, 0.25) is 0 Å². The van der Waals surface area contributed by atoms with E-state index in [-0.39, 0.29) is 66.1 Å². The summed E-state index contributed by atoms with van der Waals surface area (Å²) in [6.45, 7) is 2.36. The fourth-order valence-corrected chi connectivity index (χ4v) is 4.26. The second kappa shape index (κ2) is 21.7. The minimum atomic E-state index is -5.21. The van der Waals surface area contributed by atoms with Crippen molar-refractivity contribution in [3.8, 4) is 0 Å². The van der Waals surface area contributed by atoms with Crippen molar-refractivity contribution in [3.05, 3.63) is 108 Å². The number of rotatable bonds is 12. The Kier molecular flexibility index (Phi) is 19.9. The average Bonchev–Trinajstić information content (AvgIpc) is 3.08. The van der Waals surface area contributed by atoms with E-state index in [2.05, 4.69) is 0 Å². The predicted octanol–water partition coefficient (Wildman–Crippen LogP) is 6.62. The standard InChI is InChI=1S/3C12H9F3O3.Eu/c3*1-7(16)9(11(18)12(13,14)15)10(17)8-5-3-2-4-6-8;/h3*2-6,9H,1H3;/q;;;+3. The van der Waals surface area contributed by atoms with Crippen molar-refractivity contribution >= 4 is 52.0 Å². The molecule has 3 atom stereocenters. The van der Waals surface area contributed by atoms with Crippen LogP contribution >= 0.6 is 0 Å². The van der Waals surface area contributed by atoms with Crippen molar-refractivity contribution in [1.82, 2.24) is 0 Å². The number of ketones is 9. The van der Waals surface area contributed by atoms with Gasteiger partial charge in [0.1, 0.15) is 35.1 Å². The first-order chi connectivity index (χ1) is 24.7. The van der Waals surface area contributed by atoms with Crippen LogP contribution in [-0.4, -0.2) is 70.6 Å². The Bertz CT molecular complexity index is 1660. The Labute approximate surface area is 346 Å². The van der Waals surface area contributed by atoms with Crippen molar-refractivity contribution in [3.63, 3.8) is 0 Å². The summed E-state index contributed by atoms with van der Waals surface area (Å²) in [5.74, 6) is -20.7. The molecular formula is C36H27EuF9O9+3. The first kappa shape index (κ1) is 50.6. The van der Waals surface area contributed by atoms with Crippen molar-refractivity contribution in [2.75, 3.05) is 0 Å². The number of Topliss-reactive ketones (excluding diaryl/α,β-unsaturated/α-hetero) is 9. The Morgan fingerprint density at radius 1 is 0.364 bits per heavy atom. The normalized spacial score (nSPS) is 12.7. The fourth-order valence-electron chi connectivity index (χ4n) is 4.26. The molecule has 3 unspecified atom stereocenters. The Morgan fingerprint density at radius 3 is 0.655 bits per heavy atom. The molecule has 55 heavy (non-hydrogen) atoms. The molecule has 3 rings (SSSR count). The first-order valence-corrected chi connectivity index (χ1v) is 14.9. The molecule has 292 valence electrons. The van der Waals surface area contributed by atoms with Gasteiger partial charge in [-0.1, -0.05) is 91.0 Å². The fraction of sp³-hybridized carbons (Fsp3) is 0.250. The van der Waals surface area contributed by atoms with Crippen molar-refractivity contribution < 1.29 is 132 Å². The number of benzene rings is 3. The van der Waals surface area contributed by atoms with E-state index < -0.39 is 88.3 Å². The summed E-state index contributed by atoms with van der Waals surface area (Å²) in [5.41, 5.74) is -0.305. The van der Waals surface area contributed by atoms with E-state index >= 15 is 0 Å². The topological polar surface area (TPSA) is 154 Å². The van der Waals surface area contributed by atoms with E-state index in [1.54, 1.807) is 18.2 Å². The maximum atomic E-state index is 12.3. The number of hydrogen-bond acceptors (Lipinski definition) is 9. The third-order valence-corrected chi connectivity index (χ3v) is 6.81. The summed E-state index contributed by atoms with van der Waals surface area (Å²) in [6.07, 6.45) is -15.6. The van der Waals surface area contributed by atoms with Crippen LogP contribution in [0.4, 0.5) is 39.5 Å². The molecule has 3 aromatic carbocycles. The van der Waals surface area contributed by atoms with Gasteiger partial charge < -0.3 is 0 Å². The smallest absolute Gasteiger partial charge is 0.299 e. The maximum absolute atomic E-state index is 12.3. The molecule has 0 bridgehead atoms. The van der Waals surface area contributed by atoms with Gasteiger partial charge >= 0.3 is 67.9 Å². The molecule has 0 aliphatic carbocycles. The quantitative estimate of drug-likeness (QED) is 0.111. The molecular weight excluding hydrogens is 899 g/mol. The van der Waals surface area contributed by atoms with Crippen LogP contribution in [0.5, 0.6) is 0 Å². The molecule has 3 aromatic rings. The Balaban J connectivity index is 0.000000788. The molecule has 0 spiro atoms. The van der Waals surface area contributed by atoms with Gasteiger partial charge in [0.25, 0.3) is 17.3 Å². The van der Waals surface area contributed by atoms with Crippen LogP contribution in [0, 0.1) is 67.1 Å². The van der Waals surface area contributed by atoms with Gasteiger partial charge in [0.15, 0.2) is 17.3 Å².